The molecule has 1 aliphatic heterocycles. The summed E-state index contributed by atoms with van der Waals surface area (Å²) in [6.45, 7) is 2.60. The SMILES string of the molecule is CN1CCN(Cc2nc(N)ccc2Cl)c2ccccc21. The molecule has 2 heterocycles. The average Bonchev–Trinajstić information content (AvgIpc) is 2.46. The molecule has 0 atom stereocenters. The zero-order chi connectivity index (χ0) is 14.1. The standard InChI is InChI=1S/C15H17ClN4/c1-19-8-9-20(14-5-3-2-4-13(14)19)10-12-11(16)6-7-15(17)18-12/h2-7H,8-10H2,1H3,(H2,17,18). The highest BCUT2D eigenvalue weighted by Crippen LogP contribution is 2.33. The van der Waals surface area contributed by atoms with Gasteiger partial charge in [0.2, 0.25) is 0 Å². The molecule has 0 radical (unpaired) electrons. The second-order valence-electron chi connectivity index (χ2n) is 5.00. The van der Waals surface area contributed by atoms with Crippen LogP contribution in [0.25, 0.3) is 0 Å². The lowest BCUT2D eigenvalue weighted by atomic mass is 10.1. The van der Waals surface area contributed by atoms with Crippen molar-refractivity contribution in [3.63, 3.8) is 0 Å². The van der Waals surface area contributed by atoms with Gasteiger partial charge in [0.05, 0.1) is 28.6 Å². The number of aromatic nitrogens is 1. The number of pyridine rings is 1. The summed E-state index contributed by atoms with van der Waals surface area (Å²) < 4.78 is 0. The molecular formula is C15H17ClN4. The van der Waals surface area contributed by atoms with Gasteiger partial charge in [-0.3, -0.25) is 0 Å². The van der Waals surface area contributed by atoms with E-state index in [0.29, 0.717) is 17.4 Å². The quantitative estimate of drug-likeness (QED) is 0.923. The molecule has 0 saturated carbocycles. The van der Waals surface area contributed by atoms with Crippen molar-refractivity contribution in [3.05, 3.63) is 47.1 Å². The van der Waals surface area contributed by atoms with Crippen molar-refractivity contribution in [1.29, 1.82) is 0 Å². The summed E-state index contributed by atoms with van der Waals surface area (Å²) in [6.07, 6.45) is 0. The number of nitrogens with two attached hydrogens (primary N) is 1. The van der Waals surface area contributed by atoms with Gasteiger partial charge in [-0.25, -0.2) is 4.98 Å². The van der Waals surface area contributed by atoms with Gasteiger partial charge in [-0.2, -0.15) is 0 Å². The number of hydrogen-bond donors (Lipinski definition) is 1. The maximum atomic E-state index is 6.22. The van der Waals surface area contributed by atoms with E-state index in [2.05, 4.69) is 46.1 Å². The van der Waals surface area contributed by atoms with Crippen LogP contribution in [-0.4, -0.2) is 25.1 Å². The number of likely N-dealkylation sites (N-methyl/N-ethyl adjacent to an activating group) is 1. The Morgan fingerprint density at radius 1 is 1.15 bits per heavy atom. The Hall–Kier alpha value is -1.94. The van der Waals surface area contributed by atoms with Crippen molar-refractivity contribution in [3.8, 4) is 0 Å². The Balaban J connectivity index is 1.92. The van der Waals surface area contributed by atoms with Crippen molar-refractivity contribution in [1.82, 2.24) is 4.98 Å². The minimum atomic E-state index is 0.506. The van der Waals surface area contributed by atoms with Crippen molar-refractivity contribution in [2.45, 2.75) is 6.54 Å². The molecule has 0 unspecified atom stereocenters. The zero-order valence-electron chi connectivity index (χ0n) is 11.4. The van der Waals surface area contributed by atoms with Crippen LogP contribution in [0.1, 0.15) is 5.69 Å². The third kappa shape index (κ3) is 2.39. The van der Waals surface area contributed by atoms with Gasteiger partial charge in [-0.05, 0) is 24.3 Å². The summed E-state index contributed by atoms with van der Waals surface area (Å²) in [4.78, 5) is 8.91. The molecule has 2 N–H and O–H groups in total. The minimum absolute atomic E-state index is 0.506. The smallest absolute Gasteiger partial charge is 0.123 e. The summed E-state index contributed by atoms with van der Waals surface area (Å²) in [6, 6.07) is 11.9. The van der Waals surface area contributed by atoms with Crippen molar-refractivity contribution < 1.29 is 0 Å². The first kappa shape index (κ1) is 13.1. The second kappa shape index (κ2) is 5.21. The lowest BCUT2D eigenvalue weighted by molar-refractivity contribution is 0.726. The Bertz CT molecular complexity index is 629. The number of rotatable bonds is 2. The monoisotopic (exact) mass is 288 g/mol. The van der Waals surface area contributed by atoms with E-state index in [1.54, 1.807) is 12.1 Å². The molecule has 0 fully saturated rings. The molecule has 0 aliphatic carbocycles. The average molecular weight is 289 g/mol. The molecular weight excluding hydrogens is 272 g/mol. The minimum Gasteiger partial charge on any atom is -0.384 e. The number of halogens is 1. The van der Waals surface area contributed by atoms with Crippen molar-refractivity contribution in [2.75, 3.05) is 35.7 Å². The normalized spacial score (nSPS) is 14.3. The molecule has 1 aromatic carbocycles. The Labute approximate surface area is 123 Å². The lowest BCUT2D eigenvalue weighted by Gasteiger charge is -2.36. The van der Waals surface area contributed by atoms with E-state index in [0.717, 1.165) is 18.8 Å². The van der Waals surface area contributed by atoms with E-state index in [1.807, 2.05) is 0 Å². The van der Waals surface area contributed by atoms with Crippen LogP contribution in [0.15, 0.2) is 36.4 Å². The van der Waals surface area contributed by atoms with E-state index >= 15 is 0 Å². The van der Waals surface area contributed by atoms with E-state index in [1.165, 1.54) is 11.4 Å². The van der Waals surface area contributed by atoms with Crippen LogP contribution < -0.4 is 15.5 Å². The van der Waals surface area contributed by atoms with E-state index in [-0.39, 0.29) is 0 Å². The molecule has 0 bridgehead atoms. The van der Waals surface area contributed by atoms with Crippen LogP contribution in [0.5, 0.6) is 0 Å². The van der Waals surface area contributed by atoms with E-state index < -0.39 is 0 Å². The molecule has 1 aromatic heterocycles. The van der Waals surface area contributed by atoms with Crippen molar-refractivity contribution in [2.24, 2.45) is 0 Å². The molecule has 104 valence electrons. The number of para-hydroxylation sites is 2. The maximum absolute atomic E-state index is 6.22. The second-order valence-corrected chi connectivity index (χ2v) is 5.40. The fourth-order valence-electron chi connectivity index (χ4n) is 2.52. The third-order valence-corrected chi connectivity index (χ3v) is 3.96. The van der Waals surface area contributed by atoms with Gasteiger partial charge in [-0.1, -0.05) is 23.7 Å². The lowest BCUT2D eigenvalue weighted by Crippen LogP contribution is -2.38. The van der Waals surface area contributed by atoms with Gasteiger partial charge in [-0.15, -0.1) is 0 Å². The highest BCUT2D eigenvalue weighted by molar-refractivity contribution is 6.31. The van der Waals surface area contributed by atoms with Crippen LogP contribution in [0.3, 0.4) is 0 Å². The number of nitrogen functional groups attached to an aromatic ring is 1. The summed E-state index contributed by atoms with van der Waals surface area (Å²) in [5.41, 5.74) is 9.02. The highest BCUT2D eigenvalue weighted by atomic mass is 35.5. The van der Waals surface area contributed by atoms with Gasteiger partial charge < -0.3 is 15.5 Å². The number of fused-ring (bicyclic) bond motifs is 1. The highest BCUT2D eigenvalue weighted by Gasteiger charge is 2.20. The molecule has 20 heavy (non-hydrogen) atoms. The summed E-state index contributed by atoms with van der Waals surface area (Å²) in [5, 5.41) is 0.663. The summed E-state index contributed by atoms with van der Waals surface area (Å²) >= 11 is 6.22. The summed E-state index contributed by atoms with van der Waals surface area (Å²) in [5.74, 6) is 0.506. The Kier molecular flexibility index (Phi) is 3.40. The predicted molar refractivity (Wildman–Crippen MR) is 84.4 cm³/mol. The Morgan fingerprint density at radius 3 is 2.70 bits per heavy atom. The molecule has 0 amide bonds. The van der Waals surface area contributed by atoms with Gasteiger partial charge in [0, 0.05) is 20.1 Å². The number of hydrogen-bond acceptors (Lipinski definition) is 4. The van der Waals surface area contributed by atoms with Gasteiger partial charge >= 0.3 is 0 Å². The number of nitrogens with zero attached hydrogens (tertiary/aromatic N) is 3. The third-order valence-electron chi connectivity index (χ3n) is 3.62. The molecule has 1 aliphatic rings. The van der Waals surface area contributed by atoms with Gasteiger partial charge in [0.15, 0.2) is 0 Å². The molecule has 0 saturated heterocycles. The van der Waals surface area contributed by atoms with Crippen molar-refractivity contribution >= 4 is 28.8 Å². The fraction of sp³-hybridized carbons (Fsp3) is 0.267. The largest absolute Gasteiger partial charge is 0.384 e. The number of anilines is 3. The van der Waals surface area contributed by atoms with E-state index in [9.17, 15) is 0 Å². The van der Waals surface area contributed by atoms with Crippen LogP contribution >= 0.6 is 11.6 Å². The van der Waals surface area contributed by atoms with Gasteiger partial charge in [0.1, 0.15) is 5.82 Å². The van der Waals surface area contributed by atoms with Crippen LogP contribution in [-0.2, 0) is 6.54 Å². The first-order valence-electron chi connectivity index (χ1n) is 6.61. The van der Waals surface area contributed by atoms with E-state index in [4.69, 9.17) is 17.3 Å². The Morgan fingerprint density at radius 2 is 1.90 bits per heavy atom. The van der Waals surface area contributed by atoms with Crippen LogP contribution in [0.4, 0.5) is 17.2 Å². The maximum Gasteiger partial charge on any atom is 0.123 e. The predicted octanol–water partition coefficient (Wildman–Crippen LogP) is 2.77. The molecule has 3 rings (SSSR count). The molecule has 2 aromatic rings. The van der Waals surface area contributed by atoms with Crippen LogP contribution in [0, 0.1) is 0 Å². The molecule has 4 nitrogen and oxygen atoms in total. The topological polar surface area (TPSA) is 45.4 Å². The van der Waals surface area contributed by atoms with Gasteiger partial charge in [0.25, 0.3) is 0 Å². The zero-order valence-corrected chi connectivity index (χ0v) is 12.1. The summed E-state index contributed by atoms with van der Waals surface area (Å²) in [7, 11) is 2.11. The molecule has 0 spiro atoms. The first-order valence-corrected chi connectivity index (χ1v) is 6.99. The fourth-order valence-corrected chi connectivity index (χ4v) is 2.69. The first-order chi connectivity index (χ1) is 9.65. The molecule has 5 heteroatoms. The number of benzene rings is 1. The van der Waals surface area contributed by atoms with Crippen LogP contribution in [0.2, 0.25) is 5.02 Å².